The van der Waals surface area contributed by atoms with Gasteiger partial charge in [0.2, 0.25) is 5.91 Å². The Labute approximate surface area is 149 Å². The summed E-state index contributed by atoms with van der Waals surface area (Å²) < 4.78 is 1.77. The standard InChI is InChI=1S/C18H24N4O.ClH/c1-14(15-7-10-19-11-8-15)13-18(23)20-17-9-12-22(21-17)16-5-3-2-4-6-16;/h2-6,9,12,14-15,19H,7-8,10-11,13H2,1H3,(H,20,21,23);1H. The van der Waals surface area contributed by atoms with Crippen LogP contribution in [0.1, 0.15) is 26.2 Å². The van der Waals surface area contributed by atoms with Gasteiger partial charge in [-0.15, -0.1) is 12.4 Å². The molecular formula is C18H25ClN4O. The molecule has 1 atom stereocenters. The largest absolute Gasteiger partial charge is 0.317 e. The monoisotopic (exact) mass is 348 g/mol. The fraction of sp³-hybridized carbons (Fsp3) is 0.444. The normalized spacial score (nSPS) is 16.2. The maximum absolute atomic E-state index is 12.2. The van der Waals surface area contributed by atoms with E-state index < -0.39 is 0 Å². The van der Waals surface area contributed by atoms with Crippen molar-refractivity contribution in [3.63, 3.8) is 0 Å². The lowest BCUT2D eigenvalue weighted by molar-refractivity contribution is -0.117. The molecule has 130 valence electrons. The highest BCUT2D eigenvalue weighted by Crippen LogP contribution is 2.24. The molecule has 1 aromatic carbocycles. The van der Waals surface area contributed by atoms with E-state index in [9.17, 15) is 4.79 Å². The summed E-state index contributed by atoms with van der Waals surface area (Å²) in [7, 11) is 0. The number of nitrogens with one attached hydrogen (secondary N) is 2. The molecule has 1 amide bonds. The number of piperidine rings is 1. The summed E-state index contributed by atoms with van der Waals surface area (Å²) in [6.07, 6.45) is 4.75. The van der Waals surface area contributed by atoms with Crippen molar-refractivity contribution in [1.82, 2.24) is 15.1 Å². The van der Waals surface area contributed by atoms with Crippen LogP contribution < -0.4 is 10.6 Å². The quantitative estimate of drug-likeness (QED) is 0.872. The topological polar surface area (TPSA) is 59.0 Å². The molecule has 1 aromatic heterocycles. The van der Waals surface area contributed by atoms with Crippen molar-refractivity contribution in [2.24, 2.45) is 11.8 Å². The molecule has 1 aliphatic heterocycles. The van der Waals surface area contributed by atoms with Crippen molar-refractivity contribution in [1.29, 1.82) is 0 Å². The lowest BCUT2D eigenvalue weighted by Gasteiger charge is -2.27. The number of rotatable bonds is 5. The number of halogens is 1. The van der Waals surface area contributed by atoms with Crippen molar-refractivity contribution < 1.29 is 4.79 Å². The van der Waals surface area contributed by atoms with Crippen molar-refractivity contribution in [3.05, 3.63) is 42.6 Å². The zero-order valence-corrected chi connectivity index (χ0v) is 14.8. The second kappa shape index (κ2) is 8.85. The lowest BCUT2D eigenvalue weighted by atomic mass is 9.84. The Balaban J connectivity index is 0.00000208. The second-order valence-electron chi connectivity index (χ2n) is 6.30. The number of benzene rings is 1. The molecule has 6 heteroatoms. The maximum Gasteiger partial charge on any atom is 0.225 e. The Morgan fingerprint density at radius 1 is 1.29 bits per heavy atom. The van der Waals surface area contributed by atoms with Crippen LogP contribution in [0.15, 0.2) is 42.6 Å². The number of carbonyl (C=O) groups is 1. The molecular weight excluding hydrogens is 324 g/mol. The molecule has 5 nitrogen and oxygen atoms in total. The van der Waals surface area contributed by atoms with Crippen LogP contribution in [0.2, 0.25) is 0 Å². The minimum Gasteiger partial charge on any atom is -0.317 e. The van der Waals surface area contributed by atoms with Crippen LogP contribution in [0.4, 0.5) is 5.82 Å². The van der Waals surface area contributed by atoms with Gasteiger partial charge in [-0.2, -0.15) is 5.10 Å². The fourth-order valence-corrected chi connectivity index (χ4v) is 3.18. The Hall–Kier alpha value is -1.85. The van der Waals surface area contributed by atoms with Gasteiger partial charge in [0, 0.05) is 18.7 Å². The summed E-state index contributed by atoms with van der Waals surface area (Å²) in [6.45, 7) is 4.31. The van der Waals surface area contributed by atoms with Crippen molar-refractivity contribution in [3.8, 4) is 5.69 Å². The molecule has 1 aliphatic rings. The van der Waals surface area contributed by atoms with Crippen molar-refractivity contribution in [2.45, 2.75) is 26.2 Å². The Kier molecular flexibility index (Phi) is 6.82. The van der Waals surface area contributed by atoms with Gasteiger partial charge >= 0.3 is 0 Å². The molecule has 0 aliphatic carbocycles. The Bertz CT molecular complexity index is 637. The molecule has 2 N–H and O–H groups in total. The summed E-state index contributed by atoms with van der Waals surface area (Å²) in [5.74, 6) is 1.71. The highest BCUT2D eigenvalue weighted by molar-refractivity contribution is 5.89. The van der Waals surface area contributed by atoms with Gasteiger partial charge in [0.25, 0.3) is 0 Å². The molecule has 3 rings (SSSR count). The van der Waals surface area contributed by atoms with E-state index in [1.807, 2.05) is 42.6 Å². The summed E-state index contributed by atoms with van der Waals surface area (Å²) >= 11 is 0. The molecule has 1 unspecified atom stereocenters. The van der Waals surface area contributed by atoms with Crippen LogP contribution in [-0.4, -0.2) is 28.8 Å². The van der Waals surface area contributed by atoms with E-state index in [0.29, 0.717) is 24.1 Å². The fourth-order valence-electron chi connectivity index (χ4n) is 3.18. The van der Waals surface area contributed by atoms with Crippen LogP contribution >= 0.6 is 12.4 Å². The molecule has 2 heterocycles. The van der Waals surface area contributed by atoms with E-state index >= 15 is 0 Å². The van der Waals surface area contributed by atoms with Gasteiger partial charge in [-0.25, -0.2) is 4.68 Å². The third-order valence-corrected chi connectivity index (χ3v) is 4.57. The van der Waals surface area contributed by atoms with Crippen LogP contribution in [-0.2, 0) is 4.79 Å². The highest BCUT2D eigenvalue weighted by Gasteiger charge is 2.22. The van der Waals surface area contributed by atoms with Gasteiger partial charge in [-0.1, -0.05) is 25.1 Å². The third kappa shape index (κ3) is 4.82. The van der Waals surface area contributed by atoms with Crippen LogP contribution in [0.3, 0.4) is 0 Å². The van der Waals surface area contributed by atoms with Crippen LogP contribution in [0.5, 0.6) is 0 Å². The Morgan fingerprint density at radius 2 is 2.00 bits per heavy atom. The first-order valence-corrected chi connectivity index (χ1v) is 8.34. The first-order chi connectivity index (χ1) is 11.2. The summed E-state index contributed by atoms with van der Waals surface area (Å²) in [6, 6.07) is 11.7. The number of carbonyl (C=O) groups excluding carboxylic acids is 1. The average molecular weight is 349 g/mol. The molecule has 0 spiro atoms. The van der Waals surface area contributed by atoms with E-state index in [4.69, 9.17) is 0 Å². The smallest absolute Gasteiger partial charge is 0.225 e. The number of nitrogens with zero attached hydrogens (tertiary/aromatic N) is 2. The van der Waals surface area contributed by atoms with E-state index in [2.05, 4.69) is 22.7 Å². The van der Waals surface area contributed by atoms with Gasteiger partial charge < -0.3 is 10.6 Å². The van der Waals surface area contributed by atoms with Crippen LogP contribution in [0, 0.1) is 11.8 Å². The third-order valence-electron chi connectivity index (χ3n) is 4.57. The second-order valence-corrected chi connectivity index (χ2v) is 6.30. The molecule has 1 saturated heterocycles. The number of hydrogen-bond donors (Lipinski definition) is 2. The molecule has 1 fully saturated rings. The van der Waals surface area contributed by atoms with Crippen molar-refractivity contribution in [2.75, 3.05) is 18.4 Å². The van der Waals surface area contributed by atoms with E-state index in [1.165, 1.54) is 0 Å². The van der Waals surface area contributed by atoms with Gasteiger partial charge in [-0.3, -0.25) is 4.79 Å². The van der Waals surface area contributed by atoms with E-state index in [0.717, 1.165) is 31.6 Å². The van der Waals surface area contributed by atoms with E-state index in [1.54, 1.807) is 4.68 Å². The van der Waals surface area contributed by atoms with Gasteiger partial charge in [0.05, 0.1) is 5.69 Å². The van der Waals surface area contributed by atoms with Crippen molar-refractivity contribution >= 4 is 24.1 Å². The average Bonchev–Trinajstić information content (AvgIpc) is 3.04. The molecule has 0 saturated carbocycles. The lowest BCUT2D eigenvalue weighted by Crippen LogP contribution is -2.32. The summed E-state index contributed by atoms with van der Waals surface area (Å²) in [4.78, 5) is 12.2. The first-order valence-electron chi connectivity index (χ1n) is 8.34. The highest BCUT2D eigenvalue weighted by atomic mass is 35.5. The molecule has 0 bridgehead atoms. The molecule has 24 heavy (non-hydrogen) atoms. The number of para-hydroxylation sites is 1. The maximum atomic E-state index is 12.2. The van der Waals surface area contributed by atoms with Gasteiger partial charge in [0.1, 0.15) is 0 Å². The molecule has 0 radical (unpaired) electrons. The van der Waals surface area contributed by atoms with Crippen LogP contribution in [0.25, 0.3) is 5.69 Å². The minimum atomic E-state index is 0. The number of aromatic nitrogens is 2. The summed E-state index contributed by atoms with van der Waals surface area (Å²) in [5.41, 5.74) is 0.982. The number of amides is 1. The first kappa shape index (κ1) is 18.5. The predicted molar refractivity (Wildman–Crippen MR) is 98.8 cm³/mol. The number of hydrogen-bond acceptors (Lipinski definition) is 3. The zero-order chi connectivity index (χ0) is 16.1. The predicted octanol–water partition coefficient (Wildman–Crippen LogP) is 3.26. The summed E-state index contributed by atoms with van der Waals surface area (Å²) in [5, 5.41) is 10.7. The number of anilines is 1. The Morgan fingerprint density at radius 3 is 2.71 bits per heavy atom. The minimum absolute atomic E-state index is 0. The van der Waals surface area contributed by atoms with E-state index in [-0.39, 0.29) is 18.3 Å². The molecule has 2 aromatic rings. The van der Waals surface area contributed by atoms with Gasteiger partial charge in [0.15, 0.2) is 5.82 Å². The zero-order valence-electron chi connectivity index (χ0n) is 13.9. The SMILES string of the molecule is CC(CC(=O)Nc1ccn(-c2ccccc2)n1)C1CCNCC1.Cl. The van der Waals surface area contributed by atoms with Gasteiger partial charge in [-0.05, 0) is 49.9 Å².